The summed E-state index contributed by atoms with van der Waals surface area (Å²) in [5.74, 6) is 1.19. The average Bonchev–Trinajstić information content (AvgIpc) is 3.15. The Kier molecular flexibility index (Phi) is 9.35. The van der Waals surface area contributed by atoms with E-state index in [9.17, 15) is 4.79 Å². The second-order valence-corrected chi connectivity index (χ2v) is 10.8. The van der Waals surface area contributed by atoms with Crippen molar-refractivity contribution in [3.63, 3.8) is 0 Å². The standard InChI is InChI=1S/C29H28BrClN2O3S/c1-4-14-33-28(34)26(37-29(33)32-23-12-10-22(31)11-13-23)17-21-15-24(30)27(25(16-21)35-5-2)36-18-20-8-6-19(3)7-9-20/h6-13,15-17H,4-5,14,18H2,1-3H3/b26-17-,32-29?. The van der Waals surface area contributed by atoms with E-state index >= 15 is 0 Å². The number of amidine groups is 1. The molecule has 1 saturated heterocycles. The van der Waals surface area contributed by atoms with Crippen molar-refractivity contribution in [1.29, 1.82) is 0 Å². The minimum atomic E-state index is -0.0617. The van der Waals surface area contributed by atoms with Crippen LogP contribution in [-0.4, -0.2) is 29.1 Å². The zero-order chi connectivity index (χ0) is 26.4. The summed E-state index contributed by atoms with van der Waals surface area (Å²) in [6, 6.07) is 19.3. The van der Waals surface area contributed by atoms with Gasteiger partial charge < -0.3 is 9.47 Å². The topological polar surface area (TPSA) is 51.1 Å². The highest BCUT2D eigenvalue weighted by Gasteiger charge is 2.33. The Morgan fingerprint density at radius 2 is 1.78 bits per heavy atom. The van der Waals surface area contributed by atoms with Crippen molar-refractivity contribution >= 4 is 62.1 Å². The van der Waals surface area contributed by atoms with Crippen LogP contribution in [-0.2, 0) is 11.4 Å². The number of halogens is 2. The van der Waals surface area contributed by atoms with Crippen molar-refractivity contribution in [2.75, 3.05) is 13.2 Å². The molecule has 0 radical (unpaired) electrons. The molecule has 3 aromatic carbocycles. The van der Waals surface area contributed by atoms with Gasteiger partial charge in [0.1, 0.15) is 6.61 Å². The molecule has 1 aliphatic heterocycles. The van der Waals surface area contributed by atoms with E-state index in [4.69, 9.17) is 26.1 Å². The van der Waals surface area contributed by atoms with Gasteiger partial charge in [0.15, 0.2) is 16.7 Å². The molecule has 1 aliphatic rings. The molecule has 0 unspecified atom stereocenters. The minimum Gasteiger partial charge on any atom is -0.490 e. The number of ether oxygens (including phenoxy) is 2. The second kappa shape index (κ2) is 12.7. The Labute approximate surface area is 235 Å². The van der Waals surface area contributed by atoms with Crippen LogP contribution in [0, 0.1) is 6.92 Å². The number of hydrogen-bond donors (Lipinski definition) is 0. The van der Waals surface area contributed by atoms with Crippen molar-refractivity contribution in [2.45, 2.75) is 33.8 Å². The maximum absolute atomic E-state index is 13.3. The number of benzene rings is 3. The van der Waals surface area contributed by atoms with Crippen molar-refractivity contribution in [3.8, 4) is 11.5 Å². The van der Waals surface area contributed by atoms with Gasteiger partial charge in [-0.15, -0.1) is 0 Å². The molecule has 0 spiro atoms. The van der Waals surface area contributed by atoms with Crippen molar-refractivity contribution < 1.29 is 14.3 Å². The molecule has 0 N–H and O–H groups in total. The van der Waals surface area contributed by atoms with Gasteiger partial charge in [0.25, 0.3) is 5.91 Å². The average molecular weight is 600 g/mol. The normalized spacial score (nSPS) is 15.6. The van der Waals surface area contributed by atoms with Gasteiger partial charge in [0, 0.05) is 11.6 Å². The molecule has 0 bridgehead atoms. The molecule has 0 aromatic heterocycles. The molecule has 0 aliphatic carbocycles. The highest BCUT2D eigenvalue weighted by Crippen LogP contribution is 2.40. The van der Waals surface area contributed by atoms with Gasteiger partial charge in [-0.2, -0.15) is 0 Å². The maximum atomic E-state index is 13.3. The summed E-state index contributed by atoms with van der Waals surface area (Å²) in [6.45, 7) is 7.54. The molecule has 4 rings (SSSR count). The third-order valence-electron chi connectivity index (χ3n) is 5.52. The molecule has 8 heteroatoms. The molecule has 1 heterocycles. The first-order chi connectivity index (χ1) is 17.9. The van der Waals surface area contributed by atoms with Gasteiger partial charge in [-0.25, -0.2) is 4.99 Å². The monoisotopic (exact) mass is 598 g/mol. The molecule has 0 atom stereocenters. The summed E-state index contributed by atoms with van der Waals surface area (Å²) < 4.78 is 12.8. The third kappa shape index (κ3) is 6.98. The van der Waals surface area contributed by atoms with Crippen molar-refractivity contribution in [1.82, 2.24) is 4.90 Å². The van der Waals surface area contributed by atoms with Crippen LogP contribution in [0.2, 0.25) is 5.02 Å². The van der Waals surface area contributed by atoms with Crippen LogP contribution in [0.25, 0.3) is 6.08 Å². The lowest BCUT2D eigenvalue weighted by Crippen LogP contribution is -2.29. The summed E-state index contributed by atoms with van der Waals surface area (Å²) in [5, 5.41) is 1.30. The van der Waals surface area contributed by atoms with E-state index in [1.807, 2.05) is 44.2 Å². The lowest BCUT2D eigenvalue weighted by atomic mass is 10.1. The molecule has 1 amide bonds. The first-order valence-electron chi connectivity index (χ1n) is 12.1. The second-order valence-electron chi connectivity index (χ2n) is 8.48. The number of hydrogen-bond acceptors (Lipinski definition) is 5. The van der Waals surface area contributed by atoms with E-state index in [1.54, 1.807) is 17.0 Å². The number of thioether (sulfide) groups is 1. The highest BCUT2D eigenvalue weighted by atomic mass is 79.9. The number of aryl methyl sites for hydroxylation is 1. The van der Waals surface area contributed by atoms with Crippen LogP contribution in [0.4, 0.5) is 5.69 Å². The van der Waals surface area contributed by atoms with Gasteiger partial charge in [0.2, 0.25) is 0 Å². The number of amides is 1. The first kappa shape index (κ1) is 27.3. The predicted octanol–water partition coefficient (Wildman–Crippen LogP) is 8.40. The highest BCUT2D eigenvalue weighted by molar-refractivity contribution is 9.10. The Morgan fingerprint density at radius 3 is 2.46 bits per heavy atom. The van der Waals surface area contributed by atoms with Crippen LogP contribution >= 0.6 is 39.3 Å². The molecule has 3 aromatic rings. The lowest BCUT2D eigenvalue weighted by molar-refractivity contribution is -0.122. The summed E-state index contributed by atoms with van der Waals surface area (Å²) in [7, 11) is 0. The zero-order valence-electron chi connectivity index (χ0n) is 21.0. The number of nitrogens with zero attached hydrogens (tertiary/aromatic N) is 2. The zero-order valence-corrected chi connectivity index (χ0v) is 24.1. The van der Waals surface area contributed by atoms with Gasteiger partial charge >= 0.3 is 0 Å². The number of carbonyl (C=O) groups excluding carboxylic acids is 1. The van der Waals surface area contributed by atoms with Crippen molar-refractivity contribution in [2.24, 2.45) is 4.99 Å². The molecule has 37 heavy (non-hydrogen) atoms. The van der Waals surface area contributed by atoms with E-state index < -0.39 is 0 Å². The van der Waals surface area contributed by atoms with Gasteiger partial charge in [0.05, 0.1) is 21.7 Å². The van der Waals surface area contributed by atoms with Crippen LogP contribution in [0.3, 0.4) is 0 Å². The van der Waals surface area contributed by atoms with E-state index in [-0.39, 0.29) is 5.91 Å². The summed E-state index contributed by atoms with van der Waals surface area (Å²) in [4.78, 5) is 20.3. The minimum absolute atomic E-state index is 0.0617. The molecular weight excluding hydrogens is 572 g/mol. The molecule has 1 fully saturated rings. The fourth-order valence-electron chi connectivity index (χ4n) is 3.70. The molecule has 5 nitrogen and oxygen atoms in total. The SMILES string of the molecule is CCCN1C(=O)/C(=C/c2cc(Br)c(OCc3ccc(C)cc3)c(OCC)c2)SC1=Nc1ccc(Cl)cc1. The van der Waals surface area contributed by atoms with Crippen LogP contribution in [0.5, 0.6) is 11.5 Å². The quantitative estimate of drug-likeness (QED) is 0.232. The molecule has 0 saturated carbocycles. The Hall–Kier alpha value is -2.74. The Morgan fingerprint density at radius 1 is 1.05 bits per heavy atom. The number of aliphatic imine (C=N–C) groups is 1. The van der Waals surface area contributed by atoms with Crippen molar-refractivity contribution in [3.05, 3.63) is 91.8 Å². The van der Waals surface area contributed by atoms with Gasteiger partial charge in [-0.05, 0) is 102 Å². The number of rotatable bonds is 9. The van der Waals surface area contributed by atoms with E-state index in [0.717, 1.165) is 27.7 Å². The Bertz CT molecular complexity index is 1320. The summed E-state index contributed by atoms with van der Waals surface area (Å²) in [6.07, 6.45) is 2.70. The fraction of sp³-hybridized carbons (Fsp3) is 0.241. The van der Waals surface area contributed by atoms with Crippen LogP contribution in [0.15, 0.2) is 75.0 Å². The Balaban J connectivity index is 1.61. The summed E-state index contributed by atoms with van der Waals surface area (Å²) in [5.41, 5.74) is 3.86. The third-order valence-corrected chi connectivity index (χ3v) is 7.37. The molecule has 192 valence electrons. The predicted molar refractivity (Wildman–Crippen MR) is 157 cm³/mol. The van der Waals surface area contributed by atoms with Crippen LogP contribution < -0.4 is 9.47 Å². The largest absolute Gasteiger partial charge is 0.490 e. The van der Waals surface area contributed by atoms with E-state index in [1.165, 1.54) is 17.3 Å². The summed E-state index contributed by atoms with van der Waals surface area (Å²) >= 11 is 11.0. The van der Waals surface area contributed by atoms with Gasteiger partial charge in [-0.1, -0.05) is 48.4 Å². The van der Waals surface area contributed by atoms with Gasteiger partial charge in [-0.3, -0.25) is 9.69 Å². The number of carbonyl (C=O) groups is 1. The van der Waals surface area contributed by atoms with E-state index in [2.05, 4.69) is 47.1 Å². The smallest absolute Gasteiger partial charge is 0.266 e. The lowest BCUT2D eigenvalue weighted by Gasteiger charge is -2.15. The first-order valence-corrected chi connectivity index (χ1v) is 14.1. The maximum Gasteiger partial charge on any atom is 0.266 e. The fourth-order valence-corrected chi connectivity index (χ4v) is 5.43. The van der Waals surface area contributed by atoms with Crippen LogP contribution in [0.1, 0.15) is 37.0 Å². The molecular formula is C29H28BrClN2O3S. The van der Waals surface area contributed by atoms with E-state index in [0.29, 0.717) is 46.4 Å².